The number of aromatic nitrogens is 3. The predicted molar refractivity (Wildman–Crippen MR) is 67.8 cm³/mol. The molecular weight excluding hydrogens is 234 g/mol. The Labute approximate surface area is 106 Å². The van der Waals surface area contributed by atoms with Gasteiger partial charge in [-0.25, -0.2) is 0 Å². The quantitative estimate of drug-likeness (QED) is 0.651. The summed E-state index contributed by atoms with van der Waals surface area (Å²) in [6.07, 6.45) is 1.87. The second kappa shape index (κ2) is 5.81. The van der Waals surface area contributed by atoms with E-state index in [1.54, 1.807) is 7.05 Å². The maximum Gasteiger partial charge on any atom is 0.323 e. The third kappa shape index (κ3) is 3.43. The van der Waals surface area contributed by atoms with Crippen LogP contribution in [0.2, 0.25) is 0 Å². The molecule has 1 aliphatic rings. The fourth-order valence-corrected chi connectivity index (χ4v) is 1.58. The van der Waals surface area contributed by atoms with Crippen molar-refractivity contribution in [2.45, 2.75) is 25.9 Å². The summed E-state index contributed by atoms with van der Waals surface area (Å²) in [7, 11) is 1.73. The summed E-state index contributed by atoms with van der Waals surface area (Å²) < 4.78 is 5.25. The van der Waals surface area contributed by atoms with Crippen molar-refractivity contribution in [2.24, 2.45) is 5.92 Å². The first-order valence-electron chi connectivity index (χ1n) is 6.21. The van der Waals surface area contributed by atoms with Gasteiger partial charge in [0.05, 0.1) is 12.7 Å². The van der Waals surface area contributed by atoms with Crippen molar-refractivity contribution >= 4 is 11.9 Å². The van der Waals surface area contributed by atoms with Crippen LogP contribution < -0.4 is 15.4 Å². The molecule has 2 rings (SSSR count). The monoisotopic (exact) mass is 253 g/mol. The van der Waals surface area contributed by atoms with Crippen molar-refractivity contribution < 1.29 is 9.84 Å². The van der Waals surface area contributed by atoms with Crippen LogP contribution >= 0.6 is 0 Å². The number of hydrogen-bond acceptors (Lipinski definition) is 7. The van der Waals surface area contributed by atoms with Crippen LogP contribution in [0.3, 0.4) is 0 Å². The molecule has 7 heteroatoms. The molecule has 1 unspecified atom stereocenters. The van der Waals surface area contributed by atoms with E-state index in [9.17, 15) is 5.11 Å². The molecule has 0 aliphatic heterocycles. The average Bonchev–Trinajstić information content (AvgIpc) is 3.20. The minimum atomic E-state index is -0.338. The highest BCUT2D eigenvalue weighted by molar-refractivity contribution is 5.35. The molecule has 1 saturated carbocycles. The normalized spacial score (nSPS) is 16.2. The topological polar surface area (TPSA) is 92.2 Å². The number of rotatable bonds is 7. The Morgan fingerprint density at radius 3 is 2.67 bits per heavy atom. The van der Waals surface area contributed by atoms with Crippen molar-refractivity contribution in [3.05, 3.63) is 0 Å². The van der Waals surface area contributed by atoms with Gasteiger partial charge in [-0.15, -0.1) is 0 Å². The average molecular weight is 253 g/mol. The molecule has 1 fully saturated rings. The highest BCUT2D eigenvalue weighted by Crippen LogP contribution is 2.32. The largest absolute Gasteiger partial charge is 0.464 e. The van der Waals surface area contributed by atoms with Crippen LogP contribution in [0, 0.1) is 5.92 Å². The smallest absolute Gasteiger partial charge is 0.323 e. The molecule has 1 heterocycles. The Morgan fingerprint density at radius 1 is 1.33 bits per heavy atom. The molecule has 7 nitrogen and oxygen atoms in total. The molecule has 1 aliphatic carbocycles. The molecule has 1 atom stereocenters. The highest BCUT2D eigenvalue weighted by Gasteiger charge is 2.29. The van der Waals surface area contributed by atoms with E-state index in [0.717, 1.165) is 12.8 Å². The number of anilines is 2. The SMILES string of the molecule is CCOc1nc(NC)nc(NCC(O)C2CC2)n1. The van der Waals surface area contributed by atoms with Crippen molar-refractivity contribution in [2.75, 3.05) is 30.8 Å². The minimum absolute atomic E-state index is 0.278. The number of aliphatic hydroxyl groups is 1. The van der Waals surface area contributed by atoms with Crippen LogP contribution in [0.15, 0.2) is 0 Å². The highest BCUT2D eigenvalue weighted by atomic mass is 16.5. The summed E-state index contributed by atoms with van der Waals surface area (Å²) >= 11 is 0. The van der Waals surface area contributed by atoms with Gasteiger partial charge in [-0.1, -0.05) is 0 Å². The van der Waals surface area contributed by atoms with E-state index in [1.807, 2.05) is 6.92 Å². The number of nitrogens with zero attached hydrogens (tertiary/aromatic N) is 3. The van der Waals surface area contributed by atoms with Gasteiger partial charge < -0.3 is 20.5 Å². The summed E-state index contributed by atoms with van der Waals surface area (Å²) in [5.41, 5.74) is 0. The van der Waals surface area contributed by atoms with E-state index < -0.39 is 0 Å². The molecule has 1 aromatic heterocycles. The van der Waals surface area contributed by atoms with E-state index in [-0.39, 0.29) is 12.1 Å². The van der Waals surface area contributed by atoms with Crippen LogP contribution in [-0.4, -0.2) is 46.4 Å². The number of nitrogens with one attached hydrogen (secondary N) is 2. The molecule has 0 spiro atoms. The van der Waals surface area contributed by atoms with Gasteiger partial charge >= 0.3 is 6.01 Å². The Balaban J connectivity index is 1.98. The molecule has 100 valence electrons. The number of ether oxygens (including phenoxy) is 1. The minimum Gasteiger partial charge on any atom is -0.464 e. The van der Waals surface area contributed by atoms with Crippen LogP contribution in [0.5, 0.6) is 6.01 Å². The predicted octanol–water partition coefficient (Wildman–Crippen LogP) is 0.495. The van der Waals surface area contributed by atoms with E-state index in [1.165, 1.54) is 0 Å². The first kappa shape index (κ1) is 12.8. The summed E-state index contributed by atoms with van der Waals surface area (Å²) in [4.78, 5) is 12.3. The molecule has 18 heavy (non-hydrogen) atoms. The van der Waals surface area contributed by atoms with Crippen LogP contribution in [0.4, 0.5) is 11.9 Å². The van der Waals surface area contributed by atoms with Gasteiger partial charge in [0.2, 0.25) is 11.9 Å². The van der Waals surface area contributed by atoms with Gasteiger partial charge in [0, 0.05) is 13.6 Å². The number of hydrogen-bond donors (Lipinski definition) is 3. The van der Waals surface area contributed by atoms with E-state index in [2.05, 4.69) is 25.6 Å². The zero-order valence-corrected chi connectivity index (χ0v) is 10.7. The van der Waals surface area contributed by atoms with E-state index in [0.29, 0.717) is 31.0 Å². The van der Waals surface area contributed by atoms with Gasteiger partial charge in [-0.2, -0.15) is 15.0 Å². The lowest BCUT2D eigenvalue weighted by molar-refractivity contribution is 0.164. The Bertz CT molecular complexity index is 397. The number of aliphatic hydroxyl groups excluding tert-OH is 1. The van der Waals surface area contributed by atoms with Crippen molar-refractivity contribution in [1.82, 2.24) is 15.0 Å². The van der Waals surface area contributed by atoms with Gasteiger partial charge in [-0.3, -0.25) is 0 Å². The molecule has 1 aromatic rings. The maximum atomic E-state index is 9.77. The van der Waals surface area contributed by atoms with Crippen LogP contribution in [0.25, 0.3) is 0 Å². The second-order valence-corrected chi connectivity index (χ2v) is 4.23. The fraction of sp³-hybridized carbons (Fsp3) is 0.727. The summed E-state index contributed by atoms with van der Waals surface area (Å²) in [5.74, 6) is 1.28. The van der Waals surface area contributed by atoms with E-state index >= 15 is 0 Å². The van der Waals surface area contributed by atoms with Crippen LogP contribution in [0.1, 0.15) is 19.8 Å². The second-order valence-electron chi connectivity index (χ2n) is 4.23. The molecule has 0 aromatic carbocycles. The molecular formula is C11H19N5O2. The van der Waals surface area contributed by atoms with E-state index in [4.69, 9.17) is 4.74 Å². The molecule has 3 N–H and O–H groups in total. The van der Waals surface area contributed by atoms with Gasteiger partial charge in [0.15, 0.2) is 0 Å². The lowest BCUT2D eigenvalue weighted by Crippen LogP contribution is -2.22. The van der Waals surface area contributed by atoms with Crippen molar-refractivity contribution in [3.8, 4) is 6.01 Å². The summed E-state index contributed by atoms with van der Waals surface area (Å²) in [6.45, 7) is 2.81. The Kier molecular flexibility index (Phi) is 4.14. The van der Waals surface area contributed by atoms with Gasteiger partial charge in [-0.05, 0) is 25.7 Å². The third-order valence-electron chi connectivity index (χ3n) is 2.75. The zero-order chi connectivity index (χ0) is 13.0. The molecule has 0 saturated heterocycles. The Hall–Kier alpha value is -1.63. The lowest BCUT2D eigenvalue weighted by atomic mass is 10.2. The molecule has 0 bridgehead atoms. The lowest BCUT2D eigenvalue weighted by Gasteiger charge is -2.11. The standard InChI is InChI=1S/C11H19N5O2/c1-3-18-11-15-9(12-2)14-10(16-11)13-6-8(17)7-4-5-7/h7-8,17H,3-6H2,1-2H3,(H2,12,13,14,15,16). The Morgan fingerprint density at radius 2 is 2.06 bits per heavy atom. The van der Waals surface area contributed by atoms with Crippen LogP contribution in [-0.2, 0) is 0 Å². The zero-order valence-electron chi connectivity index (χ0n) is 10.7. The first-order valence-corrected chi connectivity index (χ1v) is 6.21. The first-order chi connectivity index (χ1) is 8.72. The fourth-order valence-electron chi connectivity index (χ4n) is 1.58. The van der Waals surface area contributed by atoms with Crippen molar-refractivity contribution in [3.63, 3.8) is 0 Å². The van der Waals surface area contributed by atoms with Crippen molar-refractivity contribution in [1.29, 1.82) is 0 Å². The third-order valence-corrected chi connectivity index (χ3v) is 2.75. The summed E-state index contributed by atoms with van der Waals surface area (Å²) in [6, 6.07) is 0.278. The maximum absolute atomic E-state index is 9.77. The summed E-state index contributed by atoms with van der Waals surface area (Å²) in [5, 5.41) is 15.6. The van der Waals surface area contributed by atoms with Gasteiger partial charge in [0.1, 0.15) is 0 Å². The van der Waals surface area contributed by atoms with Gasteiger partial charge in [0.25, 0.3) is 0 Å². The molecule has 0 radical (unpaired) electrons. The molecule has 0 amide bonds.